The summed E-state index contributed by atoms with van der Waals surface area (Å²) in [6.45, 7) is 7.64. The number of ether oxygens (including phenoxy) is 1. The summed E-state index contributed by atoms with van der Waals surface area (Å²) in [7, 11) is 0. The van der Waals surface area contributed by atoms with Gasteiger partial charge in [0.2, 0.25) is 0 Å². The molecule has 0 amide bonds. The molecule has 3 nitrogen and oxygen atoms in total. The van der Waals surface area contributed by atoms with Gasteiger partial charge in [0, 0.05) is 5.39 Å². The number of fused-ring (bicyclic) bond motifs is 1. The third-order valence-corrected chi connectivity index (χ3v) is 2.79. The molecule has 0 N–H and O–H groups in total. The zero-order valence-electron chi connectivity index (χ0n) is 10.7. The standard InChI is InChI=1S/C15H16O3/c1-4-6-11-7-8-13-12(9-11)14(10(3)18-13)15(16)17-5-2/h4,7-9H,1,5-6H2,2-3H3. The second-order valence-corrected chi connectivity index (χ2v) is 4.08. The molecule has 0 spiro atoms. The summed E-state index contributed by atoms with van der Waals surface area (Å²) in [5, 5.41) is 0.810. The van der Waals surface area contributed by atoms with E-state index in [1.165, 1.54) is 0 Å². The van der Waals surface area contributed by atoms with Crippen molar-refractivity contribution in [2.75, 3.05) is 6.61 Å². The third-order valence-electron chi connectivity index (χ3n) is 2.79. The molecule has 0 radical (unpaired) electrons. The molecule has 1 aromatic heterocycles. The smallest absolute Gasteiger partial charge is 0.342 e. The van der Waals surface area contributed by atoms with Crippen LogP contribution in [0.25, 0.3) is 11.0 Å². The van der Waals surface area contributed by atoms with Crippen LogP contribution in [0, 0.1) is 6.92 Å². The Morgan fingerprint density at radius 2 is 2.28 bits per heavy atom. The summed E-state index contributed by atoms with van der Waals surface area (Å²) in [6, 6.07) is 5.81. The summed E-state index contributed by atoms with van der Waals surface area (Å²) in [5.74, 6) is 0.267. The lowest BCUT2D eigenvalue weighted by Crippen LogP contribution is -2.05. The largest absolute Gasteiger partial charge is 0.462 e. The summed E-state index contributed by atoms with van der Waals surface area (Å²) >= 11 is 0. The third kappa shape index (κ3) is 2.16. The predicted octanol–water partition coefficient (Wildman–Crippen LogP) is 3.65. The molecule has 1 aromatic carbocycles. The van der Waals surface area contributed by atoms with Crippen molar-refractivity contribution in [3.05, 3.63) is 47.7 Å². The van der Waals surface area contributed by atoms with Gasteiger partial charge >= 0.3 is 5.97 Å². The van der Waals surface area contributed by atoms with Crippen molar-refractivity contribution in [2.24, 2.45) is 0 Å². The molecule has 94 valence electrons. The Kier molecular flexibility index (Phi) is 3.51. The molecule has 0 aliphatic carbocycles. The van der Waals surface area contributed by atoms with Gasteiger partial charge < -0.3 is 9.15 Å². The van der Waals surface area contributed by atoms with Gasteiger partial charge in [-0.1, -0.05) is 12.1 Å². The Bertz CT molecular complexity index is 593. The SMILES string of the molecule is C=CCc1ccc2oc(C)c(C(=O)OCC)c2c1. The van der Waals surface area contributed by atoms with Gasteiger partial charge in [0.15, 0.2) is 0 Å². The molecule has 0 aliphatic heterocycles. The number of esters is 1. The predicted molar refractivity (Wildman–Crippen MR) is 70.8 cm³/mol. The van der Waals surface area contributed by atoms with E-state index >= 15 is 0 Å². The minimum atomic E-state index is -0.329. The van der Waals surface area contributed by atoms with Crippen molar-refractivity contribution < 1.29 is 13.9 Å². The lowest BCUT2D eigenvalue weighted by molar-refractivity contribution is 0.0526. The maximum absolute atomic E-state index is 11.9. The highest BCUT2D eigenvalue weighted by molar-refractivity contribution is 6.04. The molecule has 0 aliphatic rings. The van der Waals surface area contributed by atoms with Crippen molar-refractivity contribution in [3.63, 3.8) is 0 Å². The average Bonchev–Trinajstić information content (AvgIpc) is 2.65. The Morgan fingerprint density at radius 1 is 1.50 bits per heavy atom. The van der Waals surface area contributed by atoms with Crippen molar-refractivity contribution in [2.45, 2.75) is 20.3 Å². The van der Waals surface area contributed by atoms with E-state index in [1.54, 1.807) is 13.8 Å². The molecule has 2 aromatic rings. The molecule has 0 bridgehead atoms. The summed E-state index contributed by atoms with van der Waals surface area (Å²) in [5.41, 5.74) is 2.34. The lowest BCUT2D eigenvalue weighted by Gasteiger charge is -2.01. The number of rotatable bonds is 4. The minimum absolute atomic E-state index is 0.329. The van der Waals surface area contributed by atoms with Crippen LogP contribution >= 0.6 is 0 Å². The van der Waals surface area contributed by atoms with E-state index < -0.39 is 0 Å². The van der Waals surface area contributed by atoms with E-state index in [4.69, 9.17) is 9.15 Å². The van der Waals surface area contributed by atoms with Crippen LogP contribution < -0.4 is 0 Å². The number of allylic oxidation sites excluding steroid dienone is 1. The maximum atomic E-state index is 11.9. The molecule has 2 rings (SSSR count). The first-order valence-electron chi connectivity index (χ1n) is 5.97. The van der Waals surface area contributed by atoms with Gasteiger partial charge in [0.1, 0.15) is 16.9 Å². The van der Waals surface area contributed by atoms with Crippen LogP contribution in [0.1, 0.15) is 28.6 Å². The molecule has 0 saturated heterocycles. The van der Waals surface area contributed by atoms with Crippen molar-refractivity contribution >= 4 is 16.9 Å². The Labute approximate surface area is 106 Å². The fourth-order valence-corrected chi connectivity index (χ4v) is 2.02. The zero-order valence-corrected chi connectivity index (χ0v) is 10.7. The number of hydrogen-bond donors (Lipinski definition) is 0. The first-order valence-corrected chi connectivity index (χ1v) is 5.97. The average molecular weight is 244 g/mol. The Balaban J connectivity index is 2.56. The van der Waals surface area contributed by atoms with Crippen LogP contribution in [0.3, 0.4) is 0 Å². The number of benzene rings is 1. The van der Waals surface area contributed by atoms with E-state index in [1.807, 2.05) is 24.3 Å². The molecule has 0 fully saturated rings. The second kappa shape index (κ2) is 5.08. The molecule has 0 atom stereocenters. The quantitative estimate of drug-likeness (QED) is 0.608. The van der Waals surface area contributed by atoms with Gasteiger partial charge in [-0.2, -0.15) is 0 Å². The highest BCUT2D eigenvalue weighted by Crippen LogP contribution is 2.27. The second-order valence-electron chi connectivity index (χ2n) is 4.08. The molecule has 1 heterocycles. The Hall–Kier alpha value is -2.03. The highest BCUT2D eigenvalue weighted by Gasteiger charge is 2.19. The molecule has 18 heavy (non-hydrogen) atoms. The van der Waals surface area contributed by atoms with Crippen LogP contribution in [-0.2, 0) is 11.2 Å². The normalized spacial score (nSPS) is 10.6. The van der Waals surface area contributed by atoms with Crippen LogP contribution in [0.15, 0.2) is 35.3 Å². The number of carbonyl (C=O) groups is 1. The van der Waals surface area contributed by atoms with Crippen LogP contribution in [-0.4, -0.2) is 12.6 Å². The molecular weight excluding hydrogens is 228 g/mol. The zero-order chi connectivity index (χ0) is 13.1. The number of carbonyl (C=O) groups excluding carboxylic acids is 1. The van der Waals surface area contributed by atoms with Gasteiger partial charge in [-0.15, -0.1) is 6.58 Å². The maximum Gasteiger partial charge on any atom is 0.342 e. The molecule has 0 saturated carbocycles. The van der Waals surface area contributed by atoms with E-state index in [9.17, 15) is 4.79 Å². The summed E-state index contributed by atoms with van der Waals surface area (Å²) < 4.78 is 10.6. The summed E-state index contributed by atoms with van der Waals surface area (Å²) in [4.78, 5) is 11.9. The van der Waals surface area contributed by atoms with Gasteiger partial charge in [-0.3, -0.25) is 0 Å². The van der Waals surface area contributed by atoms with Gasteiger partial charge in [0.05, 0.1) is 6.61 Å². The minimum Gasteiger partial charge on any atom is -0.462 e. The van der Waals surface area contributed by atoms with Gasteiger partial charge in [0.25, 0.3) is 0 Å². The first kappa shape index (κ1) is 12.4. The number of aryl methyl sites for hydroxylation is 1. The van der Waals surface area contributed by atoms with Crippen LogP contribution in [0.2, 0.25) is 0 Å². The first-order chi connectivity index (χ1) is 8.67. The number of furan rings is 1. The van der Waals surface area contributed by atoms with Gasteiger partial charge in [-0.25, -0.2) is 4.79 Å². The monoisotopic (exact) mass is 244 g/mol. The molecular formula is C15H16O3. The molecule has 0 unspecified atom stereocenters. The van der Waals surface area contributed by atoms with E-state index in [0.29, 0.717) is 23.5 Å². The van der Waals surface area contributed by atoms with E-state index in [2.05, 4.69) is 6.58 Å². The fourth-order valence-electron chi connectivity index (χ4n) is 2.02. The van der Waals surface area contributed by atoms with Crippen molar-refractivity contribution in [1.82, 2.24) is 0 Å². The van der Waals surface area contributed by atoms with E-state index in [-0.39, 0.29) is 5.97 Å². The number of hydrogen-bond acceptors (Lipinski definition) is 3. The van der Waals surface area contributed by atoms with Crippen LogP contribution in [0.4, 0.5) is 0 Å². The highest BCUT2D eigenvalue weighted by atomic mass is 16.5. The van der Waals surface area contributed by atoms with E-state index in [0.717, 1.165) is 17.4 Å². The van der Waals surface area contributed by atoms with Crippen molar-refractivity contribution in [3.8, 4) is 0 Å². The fraction of sp³-hybridized carbons (Fsp3) is 0.267. The molecule has 3 heteroatoms. The van der Waals surface area contributed by atoms with Gasteiger partial charge in [-0.05, 0) is 38.0 Å². The van der Waals surface area contributed by atoms with Crippen molar-refractivity contribution in [1.29, 1.82) is 0 Å². The lowest BCUT2D eigenvalue weighted by atomic mass is 10.1. The topological polar surface area (TPSA) is 39.4 Å². The summed E-state index contributed by atoms with van der Waals surface area (Å²) in [6.07, 6.45) is 2.60. The van der Waals surface area contributed by atoms with Crippen LogP contribution in [0.5, 0.6) is 0 Å². The Morgan fingerprint density at radius 3 is 2.94 bits per heavy atom.